The largest absolute Gasteiger partial charge is 0.354 e. The minimum Gasteiger partial charge on any atom is -0.354 e. The van der Waals surface area contributed by atoms with Crippen LogP contribution in [0.15, 0.2) is 24.5 Å². The maximum absolute atomic E-state index is 11.6. The van der Waals surface area contributed by atoms with E-state index in [0.717, 1.165) is 24.8 Å². The Labute approximate surface area is 123 Å². The zero-order chi connectivity index (χ0) is 13.3. The van der Waals surface area contributed by atoms with Gasteiger partial charge in [0, 0.05) is 42.9 Å². The van der Waals surface area contributed by atoms with Gasteiger partial charge < -0.3 is 9.88 Å². The van der Waals surface area contributed by atoms with Crippen molar-refractivity contribution >= 4 is 27.5 Å². The van der Waals surface area contributed by atoms with Crippen LogP contribution < -0.4 is 5.32 Å². The Morgan fingerprint density at radius 1 is 1.32 bits per heavy atom. The van der Waals surface area contributed by atoms with E-state index < -0.39 is 0 Å². The molecule has 0 bridgehead atoms. The van der Waals surface area contributed by atoms with E-state index in [9.17, 15) is 4.79 Å². The molecule has 0 radical (unpaired) electrons. The molecule has 2 rings (SSSR count). The molecule has 1 atom stereocenters. The first kappa shape index (κ1) is 14.9. The van der Waals surface area contributed by atoms with Gasteiger partial charge in [0.05, 0.1) is 0 Å². The molecule has 0 spiro atoms. The van der Waals surface area contributed by atoms with Gasteiger partial charge in [0.15, 0.2) is 0 Å². The van der Waals surface area contributed by atoms with Gasteiger partial charge in [-0.2, -0.15) is 0 Å². The highest BCUT2D eigenvalue weighted by Crippen LogP contribution is 2.39. The average Bonchev–Trinajstić information content (AvgIpc) is 3.07. The van der Waals surface area contributed by atoms with Crippen molar-refractivity contribution in [3.63, 3.8) is 0 Å². The van der Waals surface area contributed by atoms with Crippen molar-refractivity contribution in [1.29, 1.82) is 0 Å². The van der Waals surface area contributed by atoms with Gasteiger partial charge >= 0.3 is 0 Å². The van der Waals surface area contributed by atoms with Gasteiger partial charge in [-0.3, -0.25) is 4.79 Å². The number of carbonyl (C=O) groups excluding carboxylic acids is 1. The van der Waals surface area contributed by atoms with Crippen LogP contribution in [0.1, 0.15) is 32.1 Å². The number of hydrogen-bond donors (Lipinski definition) is 1. The Balaban J connectivity index is 1.45. The van der Waals surface area contributed by atoms with Crippen LogP contribution in [0.4, 0.5) is 0 Å². The second kappa shape index (κ2) is 8.59. The first-order valence-electron chi connectivity index (χ1n) is 7.00. The van der Waals surface area contributed by atoms with Crippen LogP contribution in [0.2, 0.25) is 0 Å². The topological polar surface area (TPSA) is 34.0 Å². The summed E-state index contributed by atoms with van der Waals surface area (Å²) in [5.74, 6) is 1.50. The summed E-state index contributed by atoms with van der Waals surface area (Å²) >= 11 is 0. The second-order valence-corrected chi connectivity index (χ2v) is 7.63. The van der Waals surface area contributed by atoms with Crippen LogP contribution in [0, 0.1) is 0 Å². The second-order valence-electron chi connectivity index (χ2n) is 4.85. The maximum Gasteiger partial charge on any atom is 0.220 e. The number of aromatic nitrogens is 1. The van der Waals surface area contributed by atoms with Crippen molar-refractivity contribution in [3.05, 3.63) is 24.5 Å². The van der Waals surface area contributed by atoms with Crippen LogP contribution >= 0.6 is 21.6 Å². The SMILES string of the molecule is O=C(CCCCC1CCSS1)NCCn1cccc1. The fraction of sp³-hybridized carbons (Fsp3) is 0.643. The van der Waals surface area contributed by atoms with Crippen molar-refractivity contribution in [1.82, 2.24) is 9.88 Å². The van der Waals surface area contributed by atoms with E-state index in [0.29, 0.717) is 6.42 Å². The first-order valence-corrected chi connectivity index (χ1v) is 9.38. The minimum absolute atomic E-state index is 0.195. The standard InChI is InChI=1S/C14H22N2OS2/c17-14(15-8-11-16-9-3-4-10-16)6-2-1-5-13-7-12-18-19-13/h3-4,9-10,13H,1-2,5-8,11-12H2,(H,15,17). The average molecular weight is 298 g/mol. The third-order valence-corrected chi connectivity index (χ3v) is 6.27. The van der Waals surface area contributed by atoms with Crippen LogP contribution in [0.3, 0.4) is 0 Å². The van der Waals surface area contributed by atoms with Crippen molar-refractivity contribution in [2.75, 3.05) is 12.3 Å². The summed E-state index contributed by atoms with van der Waals surface area (Å²) < 4.78 is 2.08. The van der Waals surface area contributed by atoms with Crippen LogP contribution in [0.25, 0.3) is 0 Å². The molecule has 19 heavy (non-hydrogen) atoms. The zero-order valence-electron chi connectivity index (χ0n) is 11.2. The Hall–Kier alpha value is -0.550. The summed E-state index contributed by atoms with van der Waals surface area (Å²) in [4.78, 5) is 11.6. The Morgan fingerprint density at radius 2 is 2.16 bits per heavy atom. The zero-order valence-corrected chi connectivity index (χ0v) is 12.8. The summed E-state index contributed by atoms with van der Waals surface area (Å²) in [6, 6.07) is 4.00. The van der Waals surface area contributed by atoms with Gasteiger partial charge in [-0.25, -0.2) is 0 Å². The van der Waals surface area contributed by atoms with E-state index in [4.69, 9.17) is 0 Å². The van der Waals surface area contributed by atoms with E-state index in [-0.39, 0.29) is 5.91 Å². The lowest BCUT2D eigenvalue weighted by Gasteiger charge is -2.08. The van der Waals surface area contributed by atoms with Gasteiger partial charge in [-0.05, 0) is 31.4 Å². The van der Waals surface area contributed by atoms with E-state index >= 15 is 0 Å². The third-order valence-electron chi connectivity index (χ3n) is 3.27. The molecule has 1 fully saturated rings. The Kier molecular flexibility index (Phi) is 6.71. The highest BCUT2D eigenvalue weighted by molar-refractivity contribution is 8.77. The lowest BCUT2D eigenvalue weighted by molar-refractivity contribution is -0.121. The fourth-order valence-corrected chi connectivity index (χ4v) is 5.18. The highest BCUT2D eigenvalue weighted by atomic mass is 33.1. The molecule has 0 aromatic carbocycles. The molecule has 1 aromatic rings. The molecule has 1 aliphatic heterocycles. The van der Waals surface area contributed by atoms with Gasteiger partial charge in [-0.15, -0.1) is 0 Å². The molecule has 5 heteroatoms. The molecule has 1 unspecified atom stereocenters. The lowest BCUT2D eigenvalue weighted by Crippen LogP contribution is -2.26. The van der Waals surface area contributed by atoms with Gasteiger partial charge in [0.2, 0.25) is 5.91 Å². The molecule has 1 saturated heterocycles. The summed E-state index contributed by atoms with van der Waals surface area (Å²) in [5, 5.41) is 3.82. The van der Waals surface area contributed by atoms with Crippen molar-refractivity contribution in [2.45, 2.75) is 43.9 Å². The van der Waals surface area contributed by atoms with Crippen molar-refractivity contribution in [3.8, 4) is 0 Å². The molecule has 2 heterocycles. The summed E-state index contributed by atoms with van der Waals surface area (Å²) in [6.07, 6.45) is 9.54. The molecule has 1 aliphatic rings. The van der Waals surface area contributed by atoms with Gasteiger partial charge in [0.1, 0.15) is 0 Å². The molecule has 0 saturated carbocycles. The molecule has 1 aromatic heterocycles. The number of nitrogens with one attached hydrogen (secondary N) is 1. The number of nitrogens with zero attached hydrogens (tertiary/aromatic N) is 1. The third kappa shape index (κ3) is 5.95. The lowest BCUT2D eigenvalue weighted by atomic mass is 10.1. The predicted molar refractivity (Wildman–Crippen MR) is 84.4 cm³/mol. The monoisotopic (exact) mass is 298 g/mol. The van der Waals surface area contributed by atoms with E-state index in [1.54, 1.807) is 0 Å². The molecule has 1 amide bonds. The summed E-state index contributed by atoms with van der Waals surface area (Å²) in [6.45, 7) is 1.58. The number of unbranched alkanes of at least 4 members (excludes halogenated alkanes) is 1. The van der Waals surface area contributed by atoms with Crippen LogP contribution in [-0.4, -0.2) is 28.0 Å². The predicted octanol–water partition coefficient (Wildman–Crippen LogP) is 3.32. The quantitative estimate of drug-likeness (QED) is 0.590. The Bertz CT molecular complexity index is 362. The van der Waals surface area contributed by atoms with E-state index in [1.807, 2.05) is 46.1 Å². The van der Waals surface area contributed by atoms with Crippen molar-refractivity contribution in [2.24, 2.45) is 0 Å². The molecular weight excluding hydrogens is 276 g/mol. The fourth-order valence-electron chi connectivity index (χ4n) is 2.15. The van der Waals surface area contributed by atoms with Gasteiger partial charge in [-0.1, -0.05) is 28.0 Å². The van der Waals surface area contributed by atoms with Gasteiger partial charge in [0.25, 0.3) is 0 Å². The highest BCUT2D eigenvalue weighted by Gasteiger charge is 2.15. The first-order chi connectivity index (χ1) is 9.34. The molecule has 3 nitrogen and oxygen atoms in total. The number of amides is 1. The summed E-state index contributed by atoms with van der Waals surface area (Å²) in [7, 11) is 4.02. The Morgan fingerprint density at radius 3 is 2.89 bits per heavy atom. The normalized spacial score (nSPS) is 18.6. The molecular formula is C14H22N2OS2. The minimum atomic E-state index is 0.195. The van der Waals surface area contributed by atoms with Crippen molar-refractivity contribution < 1.29 is 4.79 Å². The molecule has 0 aliphatic carbocycles. The van der Waals surface area contributed by atoms with Crippen LogP contribution in [-0.2, 0) is 11.3 Å². The number of carbonyl (C=O) groups is 1. The molecule has 1 N–H and O–H groups in total. The number of hydrogen-bond acceptors (Lipinski definition) is 3. The van der Waals surface area contributed by atoms with Crippen LogP contribution in [0.5, 0.6) is 0 Å². The summed E-state index contributed by atoms with van der Waals surface area (Å²) in [5.41, 5.74) is 0. The number of rotatable bonds is 8. The smallest absolute Gasteiger partial charge is 0.220 e. The maximum atomic E-state index is 11.6. The van der Waals surface area contributed by atoms with E-state index in [1.165, 1.54) is 25.0 Å². The molecule has 106 valence electrons. The van der Waals surface area contributed by atoms with E-state index in [2.05, 4.69) is 9.88 Å².